The van der Waals surface area contributed by atoms with Crippen LogP contribution in [0.3, 0.4) is 0 Å². The lowest BCUT2D eigenvalue weighted by Crippen LogP contribution is -2.40. The summed E-state index contributed by atoms with van der Waals surface area (Å²) in [5, 5.41) is 3.35. The Labute approximate surface area is 119 Å². The molecule has 0 radical (unpaired) electrons. The third-order valence-corrected chi connectivity index (χ3v) is 4.31. The first-order valence-corrected chi connectivity index (χ1v) is 8.72. The number of anilines is 1. The number of para-hydroxylation sites is 1. The molecule has 1 N–H and O–H groups in total. The third kappa shape index (κ3) is 3.80. The summed E-state index contributed by atoms with van der Waals surface area (Å²) in [7, 11) is -3.12. The molecule has 0 saturated carbocycles. The first-order chi connectivity index (χ1) is 9.37. The van der Waals surface area contributed by atoms with Crippen LogP contribution in [0.5, 0.6) is 0 Å². The third-order valence-electron chi connectivity index (χ3n) is 3.37. The Morgan fingerprint density at radius 1 is 1.40 bits per heavy atom. The average molecular weight is 296 g/mol. The fourth-order valence-corrected chi connectivity index (χ4v) is 2.83. The van der Waals surface area contributed by atoms with E-state index in [-0.39, 0.29) is 24.1 Å². The van der Waals surface area contributed by atoms with Gasteiger partial charge in [-0.05, 0) is 18.6 Å². The van der Waals surface area contributed by atoms with Crippen LogP contribution in [0.4, 0.5) is 5.69 Å². The summed E-state index contributed by atoms with van der Waals surface area (Å²) < 4.78 is 22.4. The minimum Gasteiger partial charge on any atom is -0.311 e. The van der Waals surface area contributed by atoms with Crippen LogP contribution in [0.15, 0.2) is 24.3 Å². The number of fused-ring (bicyclic) bond motifs is 1. The molecule has 0 aromatic heterocycles. The highest BCUT2D eigenvalue weighted by atomic mass is 32.2. The van der Waals surface area contributed by atoms with Gasteiger partial charge >= 0.3 is 0 Å². The van der Waals surface area contributed by atoms with Crippen molar-refractivity contribution in [2.75, 3.05) is 23.5 Å². The fourth-order valence-electron chi connectivity index (χ4n) is 2.29. The number of hydrogen-bond donors (Lipinski definition) is 1. The van der Waals surface area contributed by atoms with Crippen LogP contribution in [0.2, 0.25) is 0 Å². The van der Waals surface area contributed by atoms with Crippen molar-refractivity contribution in [2.45, 2.75) is 25.9 Å². The predicted molar refractivity (Wildman–Crippen MR) is 79.4 cm³/mol. The number of sulfone groups is 1. The van der Waals surface area contributed by atoms with Crippen LogP contribution in [0, 0.1) is 0 Å². The Kier molecular flexibility index (Phi) is 4.45. The lowest BCUT2D eigenvalue weighted by atomic mass is 10.1. The van der Waals surface area contributed by atoms with Crippen LogP contribution in [0.25, 0.3) is 0 Å². The second-order valence-corrected chi connectivity index (χ2v) is 7.55. The van der Waals surface area contributed by atoms with Gasteiger partial charge < -0.3 is 10.2 Å². The summed E-state index contributed by atoms with van der Waals surface area (Å²) in [4.78, 5) is 14.0. The highest BCUT2D eigenvalue weighted by Gasteiger charge is 2.24. The zero-order valence-corrected chi connectivity index (χ0v) is 12.6. The molecule has 110 valence electrons. The molecule has 1 aliphatic rings. The Hall–Kier alpha value is -1.40. The maximum atomic E-state index is 12.3. The van der Waals surface area contributed by atoms with Gasteiger partial charge in [-0.2, -0.15) is 0 Å². The summed E-state index contributed by atoms with van der Waals surface area (Å²) in [6, 6.07) is 7.90. The Morgan fingerprint density at radius 3 is 2.80 bits per heavy atom. The predicted octanol–water partition coefficient (Wildman–Crippen LogP) is 0.946. The minimum atomic E-state index is -3.12. The van der Waals surface area contributed by atoms with Gasteiger partial charge in [-0.3, -0.25) is 4.79 Å². The maximum absolute atomic E-state index is 12.3. The molecule has 1 aromatic carbocycles. The highest BCUT2D eigenvalue weighted by molar-refractivity contribution is 7.90. The lowest BCUT2D eigenvalue weighted by molar-refractivity contribution is -0.118. The van der Waals surface area contributed by atoms with E-state index < -0.39 is 9.84 Å². The summed E-state index contributed by atoms with van der Waals surface area (Å²) in [5.41, 5.74) is 1.94. The second-order valence-electron chi connectivity index (χ2n) is 5.29. The van der Waals surface area contributed by atoms with Gasteiger partial charge in [0.15, 0.2) is 0 Å². The molecule has 0 bridgehead atoms. The lowest BCUT2D eigenvalue weighted by Gasteiger charge is -2.24. The fraction of sp³-hybridized carbons (Fsp3) is 0.500. The van der Waals surface area contributed by atoms with Gasteiger partial charge in [0, 0.05) is 37.5 Å². The van der Waals surface area contributed by atoms with Crippen molar-refractivity contribution >= 4 is 21.4 Å². The smallest absolute Gasteiger partial charge is 0.228 e. The molecular weight excluding hydrogens is 276 g/mol. The number of carbonyl (C=O) groups is 1. The minimum absolute atomic E-state index is 0.0277. The quantitative estimate of drug-likeness (QED) is 0.902. The molecular formula is C14H20N2O3S. The van der Waals surface area contributed by atoms with Crippen LogP contribution < -0.4 is 10.2 Å². The van der Waals surface area contributed by atoms with E-state index in [0.29, 0.717) is 13.1 Å². The van der Waals surface area contributed by atoms with E-state index in [2.05, 4.69) is 5.32 Å². The van der Waals surface area contributed by atoms with E-state index in [1.54, 1.807) is 4.90 Å². The molecule has 0 aliphatic carbocycles. The van der Waals surface area contributed by atoms with E-state index in [9.17, 15) is 13.2 Å². The zero-order chi connectivity index (χ0) is 14.8. The van der Waals surface area contributed by atoms with Gasteiger partial charge in [0.05, 0.1) is 5.75 Å². The van der Waals surface area contributed by atoms with Crippen molar-refractivity contribution in [3.63, 3.8) is 0 Å². The topological polar surface area (TPSA) is 66.5 Å². The molecule has 0 spiro atoms. The summed E-state index contributed by atoms with van der Waals surface area (Å²) >= 11 is 0. The normalized spacial score (nSPS) is 19.3. The van der Waals surface area contributed by atoms with Gasteiger partial charge in [-0.15, -0.1) is 0 Å². The van der Waals surface area contributed by atoms with E-state index in [1.165, 1.54) is 0 Å². The van der Waals surface area contributed by atoms with Crippen molar-refractivity contribution in [1.29, 1.82) is 0 Å². The van der Waals surface area contributed by atoms with Crippen molar-refractivity contribution in [1.82, 2.24) is 5.32 Å². The first kappa shape index (κ1) is 15.0. The first-order valence-electron chi connectivity index (χ1n) is 6.66. The molecule has 5 nitrogen and oxygen atoms in total. The number of hydrogen-bond acceptors (Lipinski definition) is 4. The van der Waals surface area contributed by atoms with Gasteiger partial charge in [-0.25, -0.2) is 8.42 Å². The van der Waals surface area contributed by atoms with Gasteiger partial charge in [0.25, 0.3) is 0 Å². The van der Waals surface area contributed by atoms with Gasteiger partial charge in [-0.1, -0.05) is 18.2 Å². The number of nitrogens with zero attached hydrogens (tertiary/aromatic N) is 1. The molecule has 1 heterocycles. The Morgan fingerprint density at radius 2 is 2.10 bits per heavy atom. The standard InChI is InChI=1S/C14H20N2O3S/c1-11-10-16(14(17)7-8-20(2,18)19)13-6-4-3-5-12(13)9-15-11/h3-6,11,15H,7-10H2,1-2H3. The van der Waals surface area contributed by atoms with Crippen LogP contribution in [0.1, 0.15) is 18.9 Å². The van der Waals surface area contributed by atoms with E-state index in [0.717, 1.165) is 17.5 Å². The van der Waals surface area contributed by atoms with E-state index in [1.807, 2.05) is 31.2 Å². The Bertz CT molecular complexity index is 598. The van der Waals surface area contributed by atoms with Crippen molar-refractivity contribution in [3.05, 3.63) is 29.8 Å². The van der Waals surface area contributed by atoms with Crippen molar-refractivity contribution in [2.24, 2.45) is 0 Å². The van der Waals surface area contributed by atoms with E-state index >= 15 is 0 Å². The van der Waals surface area contributed by atoms with Crippen LogP contribution in [-0.4, -0.2) is 38.9 Å². The van der Waals surface area contributed by atoms with Crippen molar-refractivity contribution in [3.8, 4) is 0 Å². The van der Waals surface area contributed by atoms with Gasteiger partial charge in [0.2, 0.25) is 5.91 Å². The molecule has 1 aliphatic heterocycles. The molecule has 6 heteroatoms. The zero-order valence-electron chi connectivity index (χ0n) is 11.8. The number of nitrogens with one attached hydrogen (secondary N) is 1. The summed E-state index contributed by atoms with van der Waals surface area (Å²) in [6.07, 6.45) is 1.18. The number of rotatable bonds is 3. The SMILES string of the molecule is CC1CN(C(=O)CCS(C)(=O)=O)c2ccccc2CN1. The summed E-state index contributed by atoms with van der Waals surface area (Å²) in [6.45, 7) is 3.29. The molecule has 1 unspecified atom stereocenters. The number of amides is 1. The monoisotopic (exact) mass is 296 g/mol. The molecule has 1 aromatic rings. The highest BCUT2D eigenvalue weighted by Crippen LogP contribution is 2.24. The molecule has 20 heavy (non-hydrogen) atoms. The number of carbonyl (C=O) groups excluding carboxylic acids is 1. The largest absolute Gasteiger partial charge is 0.311 e. The van der Waals surface area contributed by atoms with Gasteiger partial charge in [0.1, 0.15) is 9.84 Å². The maximum Gasteiger partial charge on any atom is 0.228 e. The molecule has 2 rings (SSSR count). The molecule has 0 fully saturated rings. The molecule has 1 amide bonds. The number of benzene rings is 1. The molecule has 0 saturated heterocycles. The Balaban J connectivity index is 2.22. The summed E-state index contributed by atoms with van der Waals surface area (Å²) in [5.74, 6) is -0.245. The van der Waals surface area contributed by atoms with Crippen LogP contribution >= 0.6 is 0 Å². The van der Waals surface area contributed by atoms with Crippen molar-refractivity contribution < 1.29 is 13.2 Å². The van der Waals surface area contributed by atoms with Crippen LogP contribution in [-0.2, 0) is 21.2 Å². The second kappa shape index (κ2) is 5.93. The average Bonchev–Trinajstić information content (AvgIpc) is 2.55. The molecule has 1 atom stereocenters. The van der Waals surface area contributed by atoms with E-state index in [4.69, 9.17) is 0 Å².